The van der Waals surface area contributed by atoms with Crippen molar-refractivity contribution in [2.75, 3.05) is 5.73 Å². The summed E-state index contributed by atoms with van der Waals surface area (Å²) in [5.74, 6) is 0. The van der Waals surface area contributed by atoms with Crippen molar-refractivity contribution in [1.29, 1.82) is 0 Å². The molecule has 1 rings (SSSR count). The van der Waals surface area contributed by atoms with Gasteiger partial charge in [0.1, 0.15) is 0 Å². The highest BCUT2D eigenvalue weighted by molar-refractivity contribution is 5.54. The van der Waals surface area contributed by atoms with Crippen molar-refractivity contribution in [2.45, 2.75) is 12.8 Å². The molecule has 5 heteroatoms. The highest BCUT2D eigenvalue weighted by atomic mass is 19.4. The third kappa shape index (κ3) is 1.92. The SMILES string of the molecule is Nc1c(CO)cccc1C(F)(F)F. The Bertz CT molecular complexity index is 309. The Labute approximate surface area is 72.8 Å². The fourth-order valence-electron chi connectivity index (χ4n) is 0.998. The number of aliphatic hydroxyl groups excluding tert-OH is 1. The molecule has 0 aliphatic heterocycles. The van der Waals surface area contributed by atoms with E-state index in [9.17, 15) is 13.2 Å². The number of aliphatic hydroxyl groups is 1. The first-order valence-corrected chi connectivity index (χ1v) is 3.52. The molecule has 0 radical (unpaired) electrons. The zero-order chi connectivity index (χ0) is 10.1. The summed E-state index contributed by atoms with van der Waals surface area (Å²) in [5, 5.41) is 8.66. The smallest absolute Gasteiger partial charge is 0.398 e. The zero-order valence-corrected chi connectivity index (χ0v) is 6.60. The minimum atomic E-state index is -4.46. The van der Waals surface area contributed by atoms with Gasteiger partial charge < -0.3 is 10.8 Å². The van der Waals surface area contributed by atoms with Gasteiger partial charge in [0.2, 0.25) is 0 Å². The lowest BCUT2D eigenvalue weighted by atomic mass is 10.1. The van der Waals surface area contributed by atoms with Gasteiger partial charge in [-0.05, 0) is 6.07 Å². The first-order chi connectivity index (χ1) is 5.96. The van der Waals surface area contributed by atoms with Gasteiger partial charge in [0.15, 0.2) is 0 Å². The molecule has 0 heterocycles. The van der Waals surface area contributed by atoms with Crippen molar-refractivity contribution in [1.82, 2.24) is 0 Å². The topological polar surface area (TPSA) is 46.2 Å². The van der Waals surface area contributed by atoms with E-state index in [-0.39, 0.29) is 5.56 Å². The number of rotatable bonds is 1. The maximum absolute atomic E-state index is 12.2. The summed E-state index contributed by atoms with van der Waals surface area (Å²) in [6.07, 6.45) is -4.46. The molecule has 2 nitrogen and oxygen atoms in total. The van der Waals surface area contributed by atoms with Gasteiger partial charge in [-0.15, -0.1) is 0 Å². The van der Waals surface area contributed by atoms with E-state index in [1.54, 1.807) is 0 Å². The first kappa shape index (κ1) is 9.85. The van der Waals surface area contributed by atoms with Gasteiger partial charge in [0.05, 0.1) is 12.2 Å². The highest BCUT2D eigenvalue weighted by Gasteiger charge is 2.33. The van der Waals surface area contributed by atoms with E-state index in [0.29, 0.717) is 0 Å². The summed E-state index contributed by atoms with van der Waals surface area (Å²) >= 11 is 0. The fraction of sp³-hybridized carbons (Fsp3) is 0.250. The van der Waals surface area contributed by atoms with Crippen molar-refractivity contribution in [2.24, 2.45) is 0 Å². The molecule has 0 spiro atoms. The second-order valence-electron chi connectivity index (χ2n) is 2.53. The van der Waals surface area contributed by atoms with Crippen molar-refractivity contribution >= 4 is 5.69 Å². The van der Waals surface area contributed by atoms with Gasteiger partial charge in [0.25, 0.3) is 0 Å². The molecule has 0 atom stereocenters. The molecular formula is C8H8F3NO. The zero-order valence-electron chi connectivity index (χ0n) is 6.60. The Morgan fingerprint density at radius 1 is 1.31 bits per heavy atom. The van der Waals surface area contributed by atoms with Crippen LogP contribution in [0.4, 0.5) is 18.9 Å². The van der Waals surface area contributed by atoms with Crippen LogP contribution in [0.5, 0.6) is 0 Å². The molecule has 3 N–H and O–H groups in total. The van der Waals surface area contributed by atoms with Gasteiger partial charge in [-0.1, -0.05) is 12.1 Å². The van der Waals surface area contributed by atoms with Crippen LogP contribution in [0, 0.1) is 0 Å². The maximum Gasteiger partial charge on any atom is 0.418 e. The second-order valence-corrected chi connectivity index (χ2v) is 2.53. The van der Waals surface area contributed by atoms with Gasteiger partial charge in [0, 0.05) is 11.3 Å². The molecule has 0 saturated heterocycles. The van der Waals surface area contributed by atoms with Crippen LogP contribution in [0.1, 0.15) is 11.1 Å². The third-order valence-electron chi connectivity index (χ3n) is 1.67. The number of alkyl halides is 3. The average molecular weight is 191 g/mol. The normalized spacial score (nSPS) is 11.7. The summed E-state index contributed by atoms with van der Waals surface area (Å²) < 4.78 is 36.6. The van der Waals surface area contributed by atoms with Crippen LogP contribution in [0.15, 0.2) is 18.2 Å². The van der Waals surface area contributed by atoms with Crippen LogP contribution < -0.4 is 5.73 Å². The molecule has 0 aliphatic rings. The monoisotopic (exact) mass is 191 g/mol. The second kappa shape index (κ2) is 3.26. The predicted molar refractivity (Wildman–Crippen MR) is 41.8 cm³/mol. The van der Waals surface area contributed by atoms with E-state index in [2.05, 4.69) is 0 Å². The quantitative estimate of drug-likeness (QED) is 0.664. The van der Waals surface area contributed by atoms with E-state index in [4.69, 9.17) is 10.8 Å². The summed E-state index contributed by atoms with van der Waals surface area (Å²) in [4.78, 5) is 0. The molecule has 0 fully saturated rings. The minimum absolute atomic E-state index is 0.0924. The number of benzene rings is 1. The van der Waals surface area contributed by atoms with Crippen LogP contribution in [-0.2, 0) is 12.8 Å². The van der Waals surface area contributed by atoms with Gasteiger partial charge in [-0.3, -0.25) is 0 Å². The summed E-state index contributed by atoms with van der Waals surface area (Å²) in [7, 11) is 0. The number of halogens is 3. The largest absolute Gasteiger partial charge is 0.418 e. The average Bonchev–Trinajstić information content (AvgIpc) is 2.02. The van der Waals surface area contributed by atoms with Crippen LogP contribution >= 0.6 is 0 Å². The lowest BCUT2D eigenvalue weighted by Gasteiger charge is -2.11. The number of nitrogens with two attached hydrogens (primary N) is 1. The van der Waals surface area contributed by atoms with Gasteiger partial charge in [-0.2, -0.15) is 13.2 Å². The Morgan fingerprint density at radius 2 is 1.92 bits per heavy atom. The maximum atomic E-state index is 12.2. The number of para-hydroxylation sites is 1. The molecule has 0 aliphatic carbocycles. The van der Waals surface area contributed by atoms with Gasteiger partial charge >= 0.3 is 6.18 Å². The number of anilines is 1. The van der Waals surface area contributed by atoms with Crippen molar-refractivity contribution < 1.29 is 18.3 Å². The standard InChI is InChI=1S/C8H8F3NO/c9-8(10,11)6-3-1-2-5(4-13)7(6)12/h1-3,13H,4,12H2. The number of nitrogen functional groups attached to an aromatic ring is 1. The summed E-state index contributed by atoms with van der Waals surface area (Å²) in [6.45, 7) is -0.490. The Morgan fingerprint density at radius 3 is 2.38 bits per heavy atom. The molecule has 72 valence electrons. The lowest BCUT2D eigenvalue weighted by Crippen LogP contribution is -2.10. The Balaban J connectivity index is 3.24. The van der Waals surface area contributed by atoms with Crippen LogP contribution in [0.25, 0.3) is 0 Å². The lowest BCUT2D eigenvalue weighted by molar-refractivity contribution is -0.136. The van der Waals surface area contributed by atoms with Crippen molar-refractivity contribution in [3.63, 3.8) is 0 Å². The van der Waals surface area contributed by atoms with E-state index in [1.165, 1.54) is 12.1 Å². The predicted octanol–water partition coefficient (Wildman–Crippen LogP) is 1.78. The summed E-state index contributed by atoms with van der Waals surface area (Å²) in [5.41, 5.74) is 3.98. The highest BCUT2D eigenvalue weighted by Crippen LogP contribution is 2.34. The first-order valence-electron chi connectivity index (χ1n) is 3.52. The molecule has 0 bridgehead atoms. The molecule has 1 aromatic rings. The van der Waals surface area contributed by atoms with E-state index < -0.39 is 24.0 Å². The van der Waals surface area contributed by atoms with Crippen LogP contribution in [0.3, 0.4) is 0 Å². The fourth-order valence-corrected chi connectivity index (χ4v) is 0.998. The minimum Gasteiger partial charge on any atom is -0.398 e. The van der Waals surface area contributed by atoms with E-state index in [0.717, 1.165) is 6.07 Å². The number of hydrogen-bond donors (Lipinski definition) is 2. The molecule has 0 amide bonds. The molecule has 13 heavy (non-hydrogen) atoms. The molecular weight excluding hydrogens is 183 g/mol. The van der Waals surface area contributed by atoms with Gasteiger partial charge in [-0.25, -0.2) is 0 Å². The third-order valence-corrected chi connectivity index (χ3v) is 1.67. The van der Waals surface area contributed by atoms with E-state index in [1.807, 2.05) is 0 Å². The Hall–Kier alpha value is -1.23. The van der Waals surface area contributed by atoms with Crippen molar-refractivity contribution in [3.05, 3.63) is 29.3 Å². The molecule has 1 aromatic carbocycles. The summed E-state index contributed by atoms with van der Waals surface area (Å²) in [6, 6.07) is 3.45. The van der Waals surface area contributed by atoms with Crippen LogP contribution in [-0.4, -0.2) is 5.11 Å². The molecule has 0 aromatic heterocycles. The van der Waals surface area contributed by atoms with E-state index >= 15 is 0 Å². The number of hydrogen-bond acceptors (Lipinski definition) is 2. The van der Waals surface area contributed by atoms with Crippen LogP contribution in [0.2, 0.25) is 0 Å². The molecule has 0 unspecified atom stereocenters. The van der Waals surface area contributed by atoms with Crippen molar-refractivity contribution in [3.8, 4) is 0 Å². The molecule has 0 saturated carbocycles. The Kier molecular flexibility index (Phi) is 2.47.